The number of aliphatic imine (C=N–C) groups is 1. The zero-order chi connectivity index (χ0) is 16.3. The van der Waals surface area contributed by atoms with Crippen molar-refractivity contribution >= 4 is 33.8 Å². The molecule has 1 aliphatic heterocycles. The van der Waals surface area contributed by atoms with Crippen molar-refractivity contribution in [3.8, 4) is 0 Å². The second kappa shape index (κ2) is 4.58. The molecule has 0 saturated heterocycles. The first-order chi connectivity index (χ1) is 11.7. The van der Waals surface area contributed by atoms with Gasteiger partial charge in [-0.2, -0.15) is 0 Å². The van der Waals surface area contributed by atoms with Crippen LogP contribution in [0.4, 0.5) is 10.3 Å². The number of benzene rings is 2. The van der Waals surface area contributed by atoms with Crippen LogP contribution in [0.25, 0.3) is 21.9 Å². The molecule has 0 aliphatic carbocycles. The van der Waals surface area contributed by atoms with E-state index in [2.05, 4.69) is 20.3 Å². The third-order valence-corrected chi connectivity index (χ3v) is 4.30. The van der Waals surface area contributed by atoms with E-state index in [1.165, 1.54) is 12.1 Å². The lowest BCUT2D eigenvalue weighted by Gasteiger charge is -2.23. The number of imidazole rings is 1. The Balaban J connectivity index is 1.81. The predicted octanol–water partition coefficient (Wildman–Crippen LogP) is 2.94. The summed E-state index contributed by atoms with van der Waals surface area (Å²) in [4.78, 5) is 12.3. The number of anilines is 1. The van der Waals surface area contributed by atoms with E-state index in [0.29, 0.717) is 5.95 Å². The highest BCUT2D eigenvalue weighted by atomic mass is 19.1. The van der Waals surface area contributed by atoms with Crippen LogP contribution in [0.3, 0.4) is 0 Å². The third kappa shape index (κ3) is 1.75. The quantitative estimate of drug-likeness (QED) is 0.504. The number of rotatable bonds is 1. The van der Waals surface area contributed by atoms with Gasteiger partial charge >= 0.3 is 0 Å². The number of nitrogens with zero attached hydrogens (tertiary/aromatic N) is 3. The molecule has 0 amide bonds. The van der Waals surface area contributed by atoms with Crippen molar-refractivity contribution in [1.82, 2.24) is 14.5 Å². The van der Waals surface area contributed by atoms with Crippen molar-refractivity contribution in [2.45, 2.75) is 6.17 Å². The lowest BCUT2D eigenvalue weighted by atomic mass is 10.1. The van der Waals surface area contributed by atoms with Crippen molar-refractivity contribution in [2.75, 3.05) is 5.32 Å². The maximum atomic E-state index is 13.7. The molecule has 118 valence electrons. The van der Waals surface area contributed by atoms with Gasteiger partial charge in [-0.05, 0) is 30.3 Å². The summed E-state index contributed by atoms with van der Waals surface area (Å²) in [6.45, 7) is 0. The normalized spacial score (nSPS) is 16.9. The number of hydrogen-bond acceptors (Lipinski definition) is 4. The number of H-pyrrole nitrogens is 1. The largest absolute Gasteiger partial charge is 0.370 e. The average Bonchev–Trinajstić information content (AvgIpc) is 3.14. The van der Waals surface area contributed by atoms with Gasteiger partial charge in [0.25, 0.3) is 0 Å². The number of halogens is 1. The summed E-state index contributed by atoms with van der Waals surface area (Å²) in [5, 5.41) is 3.78. The number of para-hydroxylation sites is 2. The summed E-state index contributed by atoms with van der Waals surface area (Å²) in [6, 6.07) is 12.5. The maximum absolute atomic E-state index is 13.7. The van der Waals surface area contributed by atoms with E-state index < -0.39 is 6.17 Å². The molecule has 4 aromatic rings. The van der Waals surface area contributed by atoms with Gasteiger partial charge in [0.05, 0.1) is 11.0 Å². The topological polar surface area (TPSA) is 84.0 Å². The summed E-state index contributed by atoms with van der Waals surface area (Å²) < 4.78 is 15.7. The fourth-order valence-electron chi connectivity index (χ4n) is 3.25. The van der Waals surface area contributed by atoms with Gasteiger partial charge in [0, 0.05) is 22.7 Å². The van der Waals surface area contributed by atoms with Gasteiger partial charge in [0.2, 0.25) is 5.95 Å². The standard InChI is InChI=1S/C17H13FN6/c18-9-5-6-12-10(7-9)11(8-20-12)15-22-16(19)23-17-21-13-3-1-2-4-14(13)24(15)17/h1-8,15,20H,(H3,19,21,22,23)/t15-/m1/s1. The maximum Gasteiger partial charge on any atom is 0.212 e. The molecule has 0 spiro atoms. The SMILES string of the molecule is NC1=N[C@@H](c2c[nH]c3ccc(F)cc23)n2c(nc3ccccc32)N1. The van der Waals surface area contributed by atoms with Crippen molar-refractivity contribution < 1.29 is 4.39 Å². The minimum absolute atomic E-state index is 0.286. The lowest BCUT2D eigenvalue weighted by Crippen LogP contribution is -2.31. The van der Waals surface area contributed by atoms with E-state index in [4.69, 9.17) is 5.73 Å². The van der Waals surface area contributed by atoms with Crippen molar-refractivity contribution in [1.29, 1.82) is 0 Å². The van der Waals surface area contributed by atoms with Crippen LogP contribution in [0.1, 0.15) is 11.7 Å². The van der Waals surface area contributed by atoms with Crippen LogP contribution in [0.5, 0.6) is 0 Å². The number of aromatic amines is 1. The molecular weight excluding hydrogens is 307 g/mol. The lowest BCUT2D eigenvalue weighted by molar-refractivity contribution is 0.624. The van der Waals surface area contributed by atoms with Gasteiger partial charge in [-0.3, -0.25) is 9.88 Å². The molecule has 3 heterocycles. The Bertz CT molecular complexity index is 1120. The molecule has 1 aliphatic rings. The summed E-state index contributed by atoms with van der Waals surface area (Å²) in [5.74, 6) is 0.623. The second-order valence-corrected chi connectivity index (χ2v) is 5.74. The molecule has 6 nitrogen and oxygen atoms in total. The van der Waals surface area contributed by atoms with Crippen LogP contribution >= 0.6 is 0 Å². The molecule has 0 radical (unpaired) electrons. The van der Waals surface area contributed by atoms with E-state index >= 15 is 0 Å². The molecule has 1 atom stereocenters. The van der Waals surface area contributed by atoms with Crippen molar-refractivity contribution in [3.05, 3.63) is 60.0 Å². The zero-order valence-corrected chi connectivity index (χ0v) is 12.5. The first-order valence-corrected chi connectivity index (χ1v) is 7.54. The summed E-state index contributed by atoms with van der Waals surface area (Å²) in [6.07, 6.45) is 1.43. The van der Waals surface area contributed by atoms with Gasteiger partial charge in [-0.1, -0.05) is 12.1 Å². The molecule has 2 aromatic heterocycles. The number of nitrogens with two attached hydrogens (primary N) is 1. The number of fused-ring (bicyclic) bond motifs is 4. The van der Waals surface area contributed by atoms with E-state index in [-0.39, 0.29) is 11.8 Å². The summed E-state index contributed by atoms with van der Waals surface area (Å²) in [7, 11) is 0. The van der Waals surface area contributed by atoms with Crippen LogP contribution in [-0.2, 0) is 0 Å². The van der Waals surface area contributed by atoms with Gasteiger partial charge in [0.15, 0.2) is 12.1 Å². The third-order valence-electron chi connectivity index (χ3n) is 4.30. The van der Waals surface area contributed by atoms with E-state index in [9.17, 15) is 4.39 Å². The molecule has 24 heavy (non-hydrogen) atoms. The van der Waals surface area contributed by atoms with Crippen LogP contribution in [0.2, 0.25) is 0 Å². The smallest absolute Gasteiger partial charge is 0.212 e. The van der Waals surface area contributed by atoms with Gasteiger partial charge < -0.3 is 10.7 Å². The molecule has 0 bridgehead atoms. The van der Waals surface area contributed by atoms with Gasteiger partial charge in [0.1, 0.15) is 5.82 Å². The molecule has 0 fully saturated rings. The van der Waals surface area contributed by atoms with Gasteiger partial charge in [-0.15, -0.1) is 0 Å². The Morgan fingerprint density at radius 3 is 2.96 bits per heavy atom. The monoisotopic (exact) mass is 320 g/mol. The fraction of sp³-hybridized carbons (Fsp3) is 0.0588. The van der Waals surface area contributed by atoms with Gasteiger partial charge in [-0.25, -0.2) is 14.4 Å². The Morgan fingerprint density at radius 1 is 1.17 bits per heavy atom. The first kappa shape index (κ1) is 13.1. The Morgan fingerprint density at radius 2 is 2.04 bits per heavy atom. The Labute approximate surface area is 135 Å². The van der Waals surface area contributed by atoms with Crippen LogP contribution in [0.15, 0.2) is 53.7 Å². The predicted molar refractivity (Wildman–Crippen MR) is 91.4 cm³/mol. The number of guanidine groups is 1. The average molecular weight is 320 g/mol. The summed E-state index contributed by atoms with van der Waals surface area (Å²) >= 11 is 0. The second-order valence-electron chi connectivity index (χ2n) is 5.74. The Hall–Kier alpha value is -3.35. The van der Waals surface area contributed by atoms with Crippen LogP contribution in [-0.4, -0.2) is 20.5 Å². The summed E-state index contributed by atoms with van der Waals surface area (Å²) in [5.41, 5.74) is 9.43. The van der Waals surface area contributed by atoms with E-state index in [1.54, 1.807) is 6.07 Å². The highest BCUT2D eigenvalue weighted by Gasteiger charge is 2.26. The molecule has 0 saturated carbocycles. The molecule has 4 N–H and O–H groups in total. The van der Waals surface area contributed by atoms with Crippen LogP contribution in [0, 0.1) is 5.82 Å². The zero-order valence-electron chi connectivity index (χ0n) is 12.5. The highest BCUT2D eigenvalue weighted by Crippen LogP contribution is 2.35. The molecule has 5 rings (SSSR count). The minimum atomic E-state index is -0.413. The number of aromatic nitrogens is 3. The fourth-order valence-corrected chi connectivity index (χ4v) is 3.25. The first-order valence-electron chi connectivity index (χ1n) is 7.54. The number of nitrogens with one attached hydrogen (secondary N) is 2. The molecule has 0 unspecified atom stereocenters. The van der Waals surface area contributed by atoms with Crippen molar-refractivity contribution in [2.24, 2.45) is 10.7 Å². The minimum Gasteiger partial charge on any atom is -0.370 e. The van der Waals surface area contributed by atoms with Crippen molar-refractivity contribution in [3.63, 3.8) is 0 Å². The molecule has 7 heteroatoms. The molecular formula is C17H13FN6. The van der Waals surface area contributed by atoms with Crippen LogP contribution < -0.4 is 11.1 Å². The highest BCUT2D eigenvalue weighted by molar-refractivity contribution is 5.95. The van der Waals surface area contributed by atoms with E-state index in [0.717, 1.165) is 27.5 Å². The molecule has 2 aromatic carbocycles. The van der Waals surface area contributed by atoms with E-state index in [1.807, 2.05) is 35.0 Å². The Kier molecular flexibility index (Phi) is 2.50. The number of hydrogen-bond donors (Lipinski definition) is 3.